The smallest absolute Gasteiger partial charge is 0.343 e. The Morgan fingerprint density at radius 2 is 1.03 bits per heavy atom. The molecule has 2 aliphatic heterocycles. The molecular weight excluding hydrogens is 797 g/mol. The highest BCUT2D eigenvalue weighted by molar-refractivity contribution is 5.91. The highest BCUT2D eigenvalue weighted by atomic mass is 16.6. The Morgan fingerprint density at radius 3 is 1.54 bits per heavy atom. The van der Waals surface area contributed by atoms with Crippen molar-refractivity contribution < 1.29 is 47.5 Å². The van der Waals surface area contributed by atoms with Gasteiger partial charge in [0.2, 0.25) is 0 Å². The first kappa shape index (κ1) is 51.0. The molecule has 2 aromatic rings. The van der Waals surface area contributed by atoms with E-state index in [2.05, 4.69) is 13.8 Å². The van der Waals surface area contributed by atoms with E-state index in [1.54, 1.807) is 36.4 Å². The third-order valence-corrected chi connectivity index (χ3v) is 13.5. The summed E-state index contributed by atoms with van der Waals surface area (Å²) in [6.45, 7) is 11.7. The maximum Gasteiger partial charge on any atom is 0.343 e. The van der Waals surface area contributed by atoms with E-state index in [0.29, 0.717) is 29.1 Å². The first-order valence-electron chi connectivity index (χ1n) is 25.2. The molecule has 0 atom stereocenters. The van der Waals surface area contributed by atoms with Crippen LogP contribution in [-0.4, -0.2) is 83.1 Å². The van der Waals surface area contributed by atoms with E-state index in [0.717, 1.165) is 123 Å². The molecule has 10 heteroatoms. The maximum absolute atomic E-state index is 12.9. The fourth-order valence-electron chi connectivity index (χ4n) is 8.60. The van der Waals surface area contributed by atoms with E-state index in [-0.39, 0.29) is 23.6 Å². The van der Waals surface area contributed by atoms with Crippen LogP contribution in [0.3, 0.4) is 0 Å². The fourth-order valence-corrected chi connectivity index (χ4v) is 8.60. The number of carbonyl (C=O) groups is 2. The van der Waals surface area contributed by atoms with Gasteiger partial charge in [0, 0.05) is 25.2 Å². The van der Waals surface area contributed by atoms with Crippen LogP contribution < -0.4 is 14.2 Å². The monoisotopic (exact) mass is 879 g/mol. The molecule has 2 heterocycles. The summed E-state index contributed by atoms with van der Waals surface area (Å²) in [7, 11) is 0. The van der Waals surface area contributed by atoms with Crippen LogP contribution in [0.15, 0.2) is 48.5 Å². The Hall–Kier alpha value is -3.02. The van der Waals surface area contributed by atoms with Crippen LogP contribution in [0.1, 0.15) is 178 Å². The summed E-state index contributed by atoms with van der Waals surface area (Å²) in [5.41, 5.74) is 0.754. The van der Waals surface area contributed by atoms with Gasteiger partial charge in [0.1, 0.15) is 22.8 Å². The van der Waals surface area contributed by atoms with Crippen LogP contribution in [0.25, 0.3) is 0 Å². The molecule has 2 aromatic carbocycles. The molecule has 0 bridgehead atoms. The minimum Gasteiger partial charge on any atom is -0.494 e. The Bertz CT molecular complexity index is 1500. The van der Waals surface area contributed by atoms with Crippen molar-refractivity contribution >= 4 is 11.9 Å². The zero-order valence-corrected chi connectivity index (χ0v) is 39.2. The standard InChI is InChI=1S/C53H82O10/c1-3-52(40-57-41-52)39-56-35-19-15-11-7-5-8-12-16-20-36-59-46-27-23-44(24-28-46)50(54)62-48-31-33-49(34-32-48)63-51(55)45-25-29-47(30-26-45)60-37-21-17-13-9-6-10-14-18-22-38-61-53(4-2)42-58-43-53/h25-26,29-34,44,46H,3-24,27-28,35-43H2,1-2H3. The van der Waals surface area contributed by atoms with E-state index in [1.165, 1.54) is 89.9 Å². The van der Waals surface area contributed by atoms with Gasteiger partial charge in [-0.1, -0.05) is 104 Å². The molecule has 0 spiro atoms. The first-order valence-corrected chi connectivity index (χ1v) is 25.2. The molecule has 10 nitrogen and oxygen atoms in total. The summed E-state index contributed by atoms with van der Waals surface area (Å²) < 4.78 is 46.0. The normalized spacial score (nSPS) is 18.9. The molecule has 2 saturated heterocycles. The molecule has 3 fully saturated rings. The third-order valence-electron chi connectivity index (χ3n) is 13.5. The summed E-state index contributed by atoms with van der Waals surface area (Å²) in [6.07, 6.45) is 27.9. The predicted octanol–water partition coefficient (Wildman–Crippen LogP) is 12.4. The number of hydrogen-bond acceptors (Lipinski definition) is 10. The predicted molar refractivity (Wildman–Crippen MR) is 248 cm³/mol. The van der Waals surface area contributed by atoms with Gasteiger partial charge in [-0.05, 0) is 113 Å². The molecule has 63 heavy (non-hydrogen) atoms. The molecule has 0 aromatic heterocycles. The third kappa shape index (κ3) is 19.2. The summed E-state index contributed by atoms with van der Waals surface area (Å²) in [6, 6.07) is 13.7. The molecule has 1 aliphatic carbocycles. The Kier molecular flexibility index (Phi) is 23.9. The summed E-state index contributed by atoms with van der Waals surface area (Å²) in [4.78, 5) is 25.7. The molecule has 5 rings (SSSR count). The highest BCUT2D eigenvalue weighted by Gasteiger charge is 2.38. The molecular formula is C53H82O10. The Morgan fingerprint density at radius 1 is 0.540 bits per heavy atom. The van der Waals surface area contributed by atoms with Crippen molar-refractivity contribution in [3.8, 4) is 17.2 Å². The topological polar surface area (TPSA) is 108 Å². The van der Waals surface area contributed by atoms with Gasteiger partial charge < -0.3 is 37.9 Å². The van der Waals surface area contributed by atoms with Gasteiger partial charge in [0.15, 0.2) is 0 Å². The van der Waals surface area contributed by atoms with Gasteiger partial charge in [0.05, 0.1) is 57.2 Å². The number of unbranched alkanes of at least 4 members (excludes halogenated alkanes) is 16. The van der Waals surface area contributed by atoms with Crippen molar-refractivity contribution in [2.24, 2.45) is 11.3 Å². The van der Waals surface area contributed by atoms with Crippen molar-refractivity contribution in [3.05, 3.63) is 54.1 Å². The molecule has 0 N–H and O–H groups in total. The van der Waals surface area contributed by atoms with Crippen molar-refractivity contribution in [2.75, 3.05) is 59.5 Å². The summed E-state index contributed by atoms with van der Waals surface area (Å²) in [5, 5.41) is 0. The second kappa shape index (κ2) is 29.5. The maximum atomic E-state index is 12.9. The molecule has 1 saturated carbocycles. The van der Waals surface area contributed by atoms with Gasteiger partial charge in [0.25, 0.3) is 0 Å². The Labute approximate surface area is 380 Å². The molecule has 3 aliphatic rings. The number of esters is 2. The van der Waals surface area contributed by atoms with E-state index in [1.807, 2.05) is 12.1 Å². The lowest BCUT2D eigenvalue weighted by atomic mass is 9.84. The number of rotatable bonds is 35. The molecule has 354 valence electrons. The fraction of sp³-hybridized carbons (Fsp3) is 0.736. The first-order chi connectivity index (χ1) is 30.9. The van der Waals surface area contributed by atoms with Crippen molar-refractivity contribution in [3.63, 3.8) is 0 Å². The number of hydrogen-bond donors (Lipinski definition) is 0. The van der Waals surface area contributed by atoms with Crippen LogP contribution in [0.2, 0.25) is 0 Å². The lowest BCUT2D eigenvalue weighted by Gasteiger charge is -2.40. The average Bonchev–Trinajstić information content (AvgIpc) is 3.28. The number of ether oxygens (including phenoxy) is 8. The van der Waals surface area contributed by atoms with Crippen LogP contribution in [0.4, 0.5) is 0 Å². The van der Waals surface area contributed by atoms with E-state index < -0.39 is 5.97 Å². The minimum atomic E-state index is -0.452. The van der Waals surface area contributed by atoms with Crippen LogP contribution >= 0.6 is 0 Å². The lowest BCUT2D eigenvalue weighted by molar-refractivity contribution is -0.211. The molecule has 0 amide bonds. The van der Waals surface area contributed by atoms with Crippen LogP contribution in [0, 0.1) is 11.3 Å². The number of carbonyl (C=O) groups excluding carboxylic acids is 2. The van der Waals surface area contributed by atoms with Crippen LogP contribution in [-0.2, 0) is 28.5 Å². The average molecular weight is 879 g/mol. The summed E-state index contributed by atoms with van der Waals surface area (Å²) >= 11 is 0. The second-order valence-electron chi connectivity index (χ2n) is 18.6. The van der Waals surface area contributed by atoms with Gasteiger partial charge >= 0.3 is 11.9 Å². The quantitative estimate of drug-likeness (QED) is 0.0377. The minimum absolute atomic E-state index is 0.0110. The van der Waals surface area contributed by atoms with Gasteiger partial charge in [-0.15, -0.1) is 0 Å². The highest BCUT2D eigenvalue weighted by Crippen LogP contribution is 2.32. The second-order valence-corrected chi connectivity index (χ2v) is 18.6. The van der Waals surface area contributed by atoms with Gasteiger partial charge in [-0.2, -0.15) is 0 Å². The number of benzene rings is 2. The Balaban J connectivity index is 0.804. The van der Waals surface area contributed by atoms with Crippen LogP contribution in [0.5, 0.6) is 17.2 Å². The van der Waals surface area contributed by atoms with Crippen molar-refractivity contribution in [1.82, 2.24) is 0 Å². The molecule has 0 unspecified atom stereocenters. The lowest BCUT2D eigenvalue weighted by Crippen LogP contribution is -2.51. The zero-order valence-electron chi connectivity index (χ0n) is 39.2. The van der Waals surface area contributed by atoms with E-state index >= 15 is 0 Å². The van der Waals surface area contributed by atoms with Gasteiger partial charge in [-0.3, -0.25) is 4.79 Å². The SMILES string of the molecule is CCC1(COCCCCCCCCCCCOC2CCC(C(=O)Oc3ccc(OC(=O)c4ccc(OCCCCCCCCCCCOC5(CC)COC5)cc4)cc3)CC2)COC1. The summed E-state index contributed by atoms with van der Waals surface area (Å²) in [5.74, 6) is 0.797. The van der Waals surface area contributed by atoms with Crippen molar-refractivity contribution in [2.45, 2.75) is 180 Å². The van der Waals surface area contributed by atoms with Crippen molar-refractivity contribution in [1.29, 1.82) is 0 Å². The molecule has 0 radical (unpaired) electrons. The largest absolute Gasteiger partial charge is 0.494 e. The van der Waals surface area contributed by atoms with E-state index in [9.17, 15) is 9.59 Å². The van der Waals surface area contributed by atoms with E-state index in [4.69, 9.17) is 37.9 Å². The van der Waals surface area contributed by atoms with Gasteiger partial charge in [-0.25, -0.2) is 4.79 Å². The zero-order chi connectivity index (χ0) is 44.3.